The van der Waals surface area contributed by atoms with Crippen molar-refractivity contribution in [3.8, 4) is 0 Å². The number of nitrogens with zero attached hydrogens (tertiary/aromatic N) is 2. The molecule has 0 amide bonds. The third kappa shape index (κ3) is 3.68. The third-order valence-corrected chi connectivity index (χ3v) is 5.46. The highest BCUT2D eigenvalue weighted by Gasteiger charge is 2.19. The minimum Gasteiger partial charge on any atom is -0.370 e. The summed E-state index contributed by atoms with van der Waals surface area (Å²) in [5.74, 6) is 0.0296. The fourth-order valence-corrected chi connectivity index (χ4v) is 3.81. The summed E-state index contributed by atoms with van der Waals surface area (Å²) in [5.41, 5.74) is 10.8. The van der Waals surface area contributed by atoms with E-state index in [0.29, 0.717) is 15.8 Å². The number of pyridine rings is 1. The molecule has 9 heteroatoms. The Bertz CT molecular complexity index is 1050. The minimum absolute atomic E-state index is 0. The molecule has 0 aliphatic carbocycles. The number of guanidine groups is 1. The number of rotatable bonds is 3. The molecule has 0 bridgehead atoms. The molecule has 3 rings (SSSR count). The van der Waals surface area contributed by atoms with Crippen LogP contribution in [0.5, 0.6) is 0 Å². The Labute approximate surface area is 155 Å². The highest BCUT2D eigenvalue weighted by molar-refractivity contribution is 7.91. The zero-order valence-corrected chi connectivity index (χ0v) is 15.1. The maximum Gasteiger partial charge on any atom is 0.206 e. The zero-order chi connectivity index (χ0) is 17.3. The smallest absolute Gasteiger partial charge is 0.206 e. The highest BCUT2D eigenvalue weighted by Crippen LogP contribution is 2.32. The number of aromatic nitrogens is 1. The number of hydrogen-bond acceptors (Lipinski definition) is 4. The fraction of sp³-hybridized carbons (Fsp3) is 0. The number of halogens is 2. The van der Waals surface area contributed by atoms with Crippen molar-refractivity contribution in [3.05, 3.63) is 59.8 Å². The van der Waals surface area contributed by atoms with Crippen molar-refractivity contribution in [1.29, 1.82) is 0 Å². The van der Waals surface area contributed by atoms with Gasteiger partial charge in [0.25, 0.3) is 0 Å². The molecule has 1 aromatic heterocycles. The molecule has 0 aliphatic rings. The molecule has 0 fully saturated rings. The van der Waals surface area contributed by atoms with Crippen molar-refractivity contribution in [1.82, 2.24) is 4.98 Å². The van der Waals surface area contributed by atoms with Crippen LogP contribution < -0.4 is 11.5 Å². The zero-order valence-electron chi connectivity index (χ0n) is 12.8. The Morgan fingerprint density at radius 1 is 1.00 bits per heavy atom. The van der Waals surface area contributed by atoms with Crippen LogP contribution in [-0.2, 0) is 9.84 Å². The van der Waals surface area contributed by atoms with Crippen LogP contribution in [0.1, 0.15) is 0 Å². The maximum atomic E-state index is 12.8. The van der Waals surface area contributed by atoms with Gasteiger partial charge in [0.1, 0.15) is 0 Å². The summed E-state index contributed by atoms with van der Waals surface area (Å²) in [5, 5.41) is 1.44. The molecule has 4 N–H and O–H groups in total. The molecule has 0 unspecified atom stereocenters. The molecule has 3 aromatic rings. The molecule has 0 aliphatic heterocycles. The maximum absolute atomic E-state index is 12.8. The Morgan fingerprint density at radius 2 is 1.68 bits per heavy atom. The van der Waals surface area contributed by atoms with Crippen LogP contribution in [0, 0.1) is 0 Å². The standard InChI is InChI=1S/C16H13ClN4O2S.ClH/c17-14-9-20-15(21-16(18)19)13-8-11(6-7-12(13)14)24(22,23)10-4-2-1-3-5-10;/h1-9H,(H4,18,19,20,21);1H. The van der Waals surface area contributed by atoms with Gasteiger partial charge in [0.15, 0.2) is 11.8 Å². The Hall–Kier alpha value is -2.35. The van der Waals surface area contributed by atoms with Gasteiger partial charge in [-0.1, -0.05) is 35.9 Å². The predicted octanol–water partition coefficient (Wildman–Crippen LogP) is 3.05. The van der Waals surface area contributed by atoms with Crippen molar-refractivity contribution in [3.63, 3.8) is 0 Å². The van der Waals surface area contributed by atoms with Gasteiger partial charge in [-0.05, 0) is 24.3 Å². The summed E-state index contributed by atoms with van der Waals surface area (Å²) in [6, 6.07) is 12.7. The number of fused-ring (bicyclic) bond motifs is 1. The second-order valence-electron chi connectivity index (χ2n) is 4.99. The van der Waals surface area contributed by atoms with Crippen molar-refractivity contribution in [2.24, 2.45) is 16.5 Å². The summed E-state index contributed by atoms with van der Waals surface area (Å²) < 4.78 is 25.5. The Kier molecular flexibility index (Phi) is 5.52. The SMILES string of the molecule is Cl.NC(N)=Nc1ncc(Cl)c2ccc(S(=O)(=O)c3ccccc3)cc12. The van der Waals surface area contributed by atoms with E-state index in [9.17, 15) is 8.42 Å². The van der Waals surface area contributed by atoms with Gasteiger partial charge in [-0.15, -0.1) is 12.4 Å². The van der Waals surface area contributed by atoms with Gasteiger partial charge in [-0.2, -0.15) is 4.99 Å². The normalized spacial score (nSPS) is 10.9. The van der Waals surface area contributed by atoms with Gasteiger partial charge in [0, 0.05) is 17.0 Å². The average molecular weight is 397 g/mol. The van der Waals surface area contributed by atoms with Crippen LogP contribution in [0.25, 0.3) is 10.8 Å². The number of nitrogens with two attached hydrogens (primary N) is 2. The monoisotopic (exact) mass is 396 g/mol. The van der Waals surface area contributed by atoms with Crippen molar-refractivity contribution in [2.75, 3.05) is 0 Å². The summed E-state index contributed by atoms with van der Waals surface area (Å²) >= 11 is 6.13. The van der Waals surface area contributed by atoms with Crippen LogP contribution in [0.4, 0.5) is 5.82 Å². The van der Waals surface area contributed by atoms with Crippen LogP contribution in [0.3, 0.4) is 0 Å². The summed E-state index contributed by atoms with van der Waals surface area (Å²) in [6.07, 6.45) is 1.41. The van der Waals surface area contributed by atoms with E-state index in [0.717, 1.165) is 0 Å². The molecule has 0 saturated carbocycles. The number of sulfone groups is 1. The molecule has 0 radical (unpaired) electrons. The lowest BCUT2D eigenvalue weighted by Crippen LogP contribution is -2.22. The quantitative estimate of drug-likeness (QED) is 0.521. The first-order chi connectivity index (χ1) is 11.4. The molecule has 6 nitrogen and oxygen atoms in total. The van der Waals surface area contributed by atoms with Crippen molar-refractivity contribution < 1.29 is 8.42 Å². The van der Waals surface area contributed by atoms with E-state index in [-0.39, 0.29) is 34.0 Å². The topological polar surface area (TPSA) is 111 Å². The number of benzene rings is 2. The van der Waals surface area contributed by atoms with Crippen molar-refractivity contribution in [2.45, 2.75) is 9.79 Å². The molecule has 0 saturated heterocycles. The minimum atomic E-state index is -3.67. The molecule has 0 spiro atoms. The van der Waals surface area contributed by atoms with Crippen molar-refractivity contribution >= 4 is 56.4 Å². The lowest BCUT2D eigenvalue weighted by molar-refractivity contribution is 0.596. The second-order valence-corrected chi connectivity index (χ2v) is 7.35. The van der Waals surface area contributed by atoms with Crippen LogP contribution in [0.15, 0.2) is 69.5 Å². The lowest BCUT2D eigenvalue weighted by Gasteiger charge is -2.08. The van der Waals surface area contributed by atoms with Gasteiger partial charge in [-0.3, -0.25) is 0 Å². The van der Waals surface area contributed by atoms with Gasteiger partial charge in [0.05, 0.1) is 14.8 Å². The van der Waals surface area contributed by atoms with Gasteiger partial charge in [-0.25, -0.2) is 13.4 Å². The first-order valence-electron chi connectivity index (χ1n) is 6.87. The summed E-state index contributed by atoms with van der Waals surface area (Å²) in [4.78, 5) is 8.31. The van der Waals surface area contributed by atoms with E-state index in [1.165, 1.54) is 30.5 Å². The molecule has 2 aromatic carbocycles. The number of aliphatic imine (C=N–C) groups is 1. The predicted molar refractivity (Wildman–Crippen MR) is 101 cm³/mol. The van der Waals surface area contributed by atoms with E-state index in [1.807, 2.05) is 0 Å². The van der Waals surface area contributed by atoms with E-state index in [4.69, 9.17) is 23.1 Å². The van der Waals surface area contributed by atoms with E-state index in [1.54, 1.807) is 24.3 Å². The van der Waals surface area contributed by atoms with E-state index >= 15 is 0 Å². The largest absolute Gasteiger partial charge is 0.370 e. The second kappa shape index (κ2) is 7.26. The highest BCUT2D eigenvalue weighted by atomic mass is 35.5. The van der Waals surface area contributed by atoms with E-state index in [2.05, 4.69) is 9.98 Å². The summed E-state index contributed by atoms with van der Waals surface area (Å²) in [6.45, 7) is 0. The third-order valence-electron chi connectivity index (χ3n) is 3.39. The number of hydrogen-bond donors (Lipinski definition) is 2. The molecular weight excluding hydrogens is 383 g/mol. The Morgan fingerprint density at radius 3 is 2.32 bits per heavy atom. The fourth-order valence-electron chi connectivity index (χ4n) is 2.29. The summed E-state index contributed by atoms with van der Waals surface area (Å²) in [7, 11) is -3.67. The van der Waals surface area contributed by atoms with Gasteiger partial charge >= 0.3 is 0 Å². The van der Waals surface area contributed by atoms with Gasteiger partial charge in [0.2, 0.25) is 9.84 Å². The molecule has 1 heterocycles. The van der Waals surface area contributed by atoms with E-state index < -0.39 is 9.84 Å². The van der Waals surface area contributed by atoms with Crippen LogP contribution >= 0.6 is 24.0 Å². The first kappa shape index (κ1) is 19.0. The molecule has 25 heavy (non-hydrogen) atoms. The molecule has 130 valence electrons. The first-order valence-corrected chi connectivity index (χ1v) is 8.74. The molecular formula is C16H14Cl2N4O2S. The van der Waals surface area contributed by atoms with Gasteiger partial charge < -0.3 is 11.5 Å². The lowest BCUT2D eigenvalue weighted by atomic mass is 10.1. The van der Waals surface area contributed by atoms with Crippen LogP contribution in [0.2, 0.25) is 5.02 Å². The Balaban J connectivity index is 0.00000225. The average Bonchev–Trinajstić information content (AvgIpc) is 2.57. The molecule has 0 atom stereocenters. The van der Waals surface area contributed by atoms with Crippen LogP contribution in [-0.4, -0.2) is 19.4 Å².